The van der Waals surface area contributed by atoms with E-state index in [0.29, 0.717) is 0 Å². The van der Waals surface area contributed by atoms with Crippen molar-refractivity contribution < 1.29 is 24.9 Å². The van der Waals surface area contributed by atoms with Crippen molar-refractivity contribution in [3.63, 3.8) is 0 Å². The highest BCUT2D eigenvalue weighted by molar-refractivity contribution is 6.37. The second-order valence-corrected chi connectivity index (χ2v) is 12.2. The van der Waals surface area contributed by atoms with E-state index in [9.17, 15) is 44.1 Å². The van der Waals surface area contributed by atoms with Crippen LogP contribution >= 0.6 is 11.6 Å². The molecule has 1 amide bonds. The van der Waals surface area contributed by atoms with E-state index < -0.39 is 82.5 Å². The third-order valence-corrected chi connectivity index (χ3v) is 9.48. The number of aromatic amines is 1. The van der Waals surface area contributed by atoms with Crippen molar-refractivity contribution in [3.8, 4) is 11.5 Å². The van der Waals surface area contributed by atoms with Crippen molar-refractivity contribution in [3.05, 3.63) is 106 Å². The van der Waals surface area contributed by atoms with Crippen molar-refractivity contribution in [1.82, 2.24) is 15.3 Å². The van der Waals surface area contributed by atoms with Gasteiger partial charge in [-0.3, -0.25) is 33.7 Å². The largest absolute Gasteiger partial charge is 0.510 e. The fourth-order valence-electron chi connectivity index (χ4n) is 6.50. The van der Waals surface area contributed by atoms with E-state index in [2.05, 4.69) is 15.5 Å². The minimum atomic E-state index is -2.09. The van der Waals surface area contributed by atoms with Gasteiger partial charge in [-0.25, -0.2) is 5.43 Å². The van der Waals surface area contributed by atoms with Crippen LogP contribution in [0.15, 0.2) is 41.2 Å². The predicted molar refractivity (Wildman–Crippen MR) is 172 cm³/mol. The molecule has 4 aliphatic carbocycles. The number of hydrogen-bond donors (Lipinski definition) is 5. The van der Waals surface area contributed by atoms with Crippen LogP contribution in [0.2, 0.25) is 5.02 Å². The number of ether oxygens (including phenoxy) is 1. The van der Waals surface area contributed by atoms with Gasteiger partial charge in [0.2, 0.25) is 16.3 Å². The van der Waals surface area contributed by atoms with E-state index in [4.69, 9.17) is 16.3 Å². The maximum Gasteiger partial charge on any atom is 0.260 e. The molecule has 0 saturated heterocycles. The average molecular weight is 663 g/mol. The fourth-order valence-corrected chi connectivity index (χ4v) is 6.84. The summed E-state index contributed by atoms with van der Waals surface area (Å²) < 4.78 is 4.89. The van der Waals surface area contributed by atoms with Gasteiger partial charge in [-0.2, -0.15) is 5.10 Å². The second kappa shape index (κ2) is 10.9. The van der Waals surface area contributed by atoms with E-state index in [0.717, 1.165) is 13.2 Å². The number of phenols is 1. The molecule has 15 heteroatoms. The smallest absolute Gasteiger partial charge is 0.260 e. The van der Waals surface area contributed by atoms with Crippen LogP contribution in [-0.2, 0) is 16.6 Å². The van der Waals surface area contributed by atoms with Gasteiger partial charge in [0.15, 0.2) is 11.2 Å². The number of amides is 1. The summed E-state index contributed by atoms with van der Waals surface area (Å²) >= 11 is 6.78. The van der Waals surface area contributed by atoms with E-state index in [-0.39, 0.29) is 58.0 Å². The number of halogens is 1. The molecule has 0 fully saturated rings. The van der Waals surface area contributed by atoms with E-state index >= 15 is 0 Å². The van der Waals surface area contributed by atoms with E-state index in [1.54, 1.807) is 11.9 Å². The molecule has 242 valence electrons. The van der Waals surface area contributed by atoms with Crippen LogP contribution in [0.1, 0.15) is 37.1 Å². The number of phenolic OH excluding ortho intramolecular Hbond substituents is 1. The van der Waals surface area contributed by atoms with Crippen LogP contribution in [0.25, 0.3) is 22.3 Å². The molecule has 1 atom stereocenters. The number of aliphatic hydroxyl groups is 2. The minimum Gasteiger partial charge on any atom is -0.510 e. The maximum atomic E-state index is 13.7. The molecule has 1 heterocycles. The standard InChI is InChI=1S/C32H27ClN4O10/c1-11(2)37(3)10-17(39)36-34-9-12-7-14-18(31(46)35-12)28(43)23-13(24(14)33)5-6-32(23)29(44)21-22(30(32)45)27(42)20-19(26(21)41)15(38)8-16(47-4)25(20)40/h7-9,11,43-45H,5-6,10H2,1-4H3,(H,35,46)(H,36,39). The first-order valence-corrected chi connectivity index (χ1v) is 14.7. The molecular formula is C32H27ClN4O10. The highest BCUT2D eigenvalue weighted by atomic mass is 35.5. The van der Waals surface area contributed by atoms with Gasteiger partial charge >= 0.3 is 0 Å². The van der Waals surface area contributed by atoms with Crippen molar-refractivity contribution in [1.29, 1.82) is 0 Å². The summed E-state index contributed by atoms with van der Waals surface area (Å²) in [6.07, 6.45) is 0.988. The lowest BCUT2D eigenvalue weighted by molar-refractivity contribution is -0.122. The Hall–Kier alpha value is -5.34. The Morgan fingerprint density at radius 2 is 1.70 bits per heavy atom. The van der Waals surface area contributed by atoms with Crippen LogP contribution in [-0.4, -0.2) is 64.1 Å². The number of benzene rings is 1. The van der Waals surface area contributed by atoms with Gasteiger partial charge in [-0.1, -0.05) is 11.6 Å². The average Bonchev–Trinajstić information content (AvgIpc) is 3.52. The molecule has 2 aromatic rings. The van der Waals surface area contributed by atoms with Crippen molar-refractivity contribution >= 4 is 46.0 Å². The number of nitrogens with one attached hydrogen (secondary N) is 2. The Kier molecular flexibility index (Phi) is 7.32. The molecule has 0 bridgehead atoms. The van der Waals surface area contributed by atoms with Crippen molar-refractivity contribution in [2.45, 2.75) is 38.1 Å². The highest BCUT2D eigenvalue weighted by Crippen LogP contribution is 2.56. The fraction of sp³-hybridized carbons (Fsp3) is 0.281. The molecule has 1 unspecified atom stereocenters. The number of methoxy groups -OCH3 is 1. The number of aliphatic hydroxyl groups excluding tert-OH is 2. The molecule has 0 aliphatic heterocycles. The quantitative estimate of drug-likeness (QED) is 0.124. The molecule has 5 N–H and O–H groups in total. The number of aromatic hydroxyl groups is 1. The van der Waals surface area contributed by atoms with Gasteiger partial charge in [0.25, 0.3) is 11.5 Å². The molecular weight excluding hydrogens is 636 g/mol. The van der Waals surface area contributed by atoms with Crippen LogP contribution in [0, 0.1) is 10.4 Å². The first kappa shape index (κ1) is 31.6. The van der Waals surface area contributed by atoms with Gasteiger partial charge in [0, 0.05) is 23.1 Å². The number of nitrogens with zero attached hydrogens (tertiary/aromatic N) is 2. The molecule has 0 saturated carbocycles. The summed E-state index contributed by atoms with van der Waals surface area (Å²) in [4.78, 5) is 82.9. The van der Waals surface area contributed by atoms with Gasteiger partial charge in [0.05, 0.1) is 56.8 Å². The monoisotopic (exact) mass is 662 g/mol. The molecule has 14 nitrogen and oxygen atoms in total. The van der Waals surface area contributed by atoms with Gasteiger partial charge in [-0.15, -0.1) is 0 Å². The summed E-state index contributed by atoms with van der Waals surface area (Å²) in [5.41, 5.74) is -4.82. The number of carbonyl (C=O) groups is 1. The molecule has 1 aromatic carbocycles. The summed E-state index contributed by atoms with van der Waals surface area (Å²) in [6.45, 7) is 3.93. The maximum absolute atomic E-state index is 13.7. The third kappa shape index (κ3) is 4.32. The molecule has 0 radical (unpaired) electrons. The number of pyridine rings is 1. The van der Waals surface area contributed by atoms with Gasteiger partial charge in [0.1, 0.15) is 22.7 Å². The summed E-state index contributed by atoms with van der Waals surface area (Å²) in [7, 11) is 2.88. The lowest BCUT2D eigenvalue weighted by Gasteiger charge is -2.27. The highest BCUT2D eigenvalue weighted by Gasteiger charge is 2.53. The zero-order valence-electron chi connectivity index (χ0n) is 25.4. The third-order valence-electron chi connectivity index (χ3n) is 9.04. The van der Waals surface area contributed by atoms with Crippen molar-refractivity contribution in [2.24, 2.45) is 5.10 Å². The topological polar surface area (TPSA) is 216 Å². The lowest BCUT2D eigenvalue weighted by atomic mass is 9.78. The molecule has 1 aromatic heterocycles. The first-order chi connectivity index (χ1) is 22.2. The van der Waals surface area contributed by atoms with E-state index in [1.165, 1.54) is 12.3 Å². The number of aromatic nitrogens is 1. The Balaban J connectivity index is 1.56. The van der Waals surface area contributed by atoms with Gasteiger partial charge < -0.3 is 25.0 Å². The Morgan fingerprint density at radius 1 is 1.06 bits per heavy atom. The number of carbonyl (C=O) groups excluding carboxylic acids is 1. The van der Waals surface area contributed by atoms with Crippen LogP contribution < -0.4 is 47.9 Å². The van der Waals surface area contributed by atoms with Crippen LogP contribution in [0.4, 0.5) is 0 Å². The Morgan fingerprint density at radius 3 is 2.32 bits per heavy atom. The zero-order chi connectivity index (χ0) is 34.3. The first-order valence-electron chi connectivity index (χ1n) is 14.4. The molecule has 1 spiro atoms. The second-order valence-electron chi connectivity index (χ2n) is 11.8. The number of likely N-dealkylation sites (N-methyl/N-ethyl adjacent to an activating group) is 1. The van der Waals surface area contributed by atoms with Crippen LogP contribution in [0.3, 0.4) is 0 Å². The molecule has 6 rings (SSSR count). The normalized spacial score (nSPS) is 17.2. The number of rotatable bonds is 6. The number of hydrazone groups is 1. The minimum absolute atomic E-state index is 0.00472. The molecule has 47 heavy (non-hydrogen) atoms. The van der Waals surface area contributed by atoms with Crippen LogP contribution in [0.5, 0.6) is 11.5 Å². The summed E-state index contributed by atoms with van der Waals surface area (Å²) in [5, 5.41) is 35.4. The van der Waals surface area contributed by atoms with Crippen molar-refractivity contribution in [2.75, 3.05) is 20.7 Å². The number of hydrogen-bond acceptors (Lipinski definition) is 12. The Bertz CT molecular complexity index is 2590. The SMILES string of the molecule is COc1cc(=O)c2c(=O)c3c(c(=O)c=2c1=O)=C(O)C1(CCc2c1c(O)c1c(=O)[nH]c(C=NNC(=O)CN(C)C(C)C)cc1c2Cl)C=3O. The number of fused-ring (bicyclic) bond motifs is 4. The lowest BCUT2D eigenvalue weighted by Crippen LogP contribution is -2.51. The Labute approximate surface area is 267 Å². The number of H-pyrrole nitrogens is 1. The van der Waals surface area contributed by atoms with Gasteiger partial charge in [-0.05, 0) is 45.4 Å². The predicted octanol–water partition coefficient (Wildman–Crippen LogP) is -1.04. The summed E-state index contributed by atoms with van der Waals surface area (Å²) in [5.74, 6) is -3.23. The zero-order valence-corrected chi connectivity index (χ0v) is 26.2. The van der Waals surface area contributed by atoms with E-state index in [1.807, 2.05) is 13.8 Å². The summed E-state index contributed by atoms with van der Waals surface area (Å²) in [6, 6.07) is 2.30. The molecule has 4 aliphatic rings.